The molecule has 2 atom stereocenters. The van der Waals surface area contributed by atoms with Crippen LogP contribution in [-0.2, 0) is 16.1 Å². The molecule has 0 spiro atoms. The molecular formula is C22H17Cl3N2O3. The van der Waals surface area contributed by atoms with Gasteiger partial charge in [0.05, 0.1) is 28.4 Å². The Labute approximate surface area is 188 Å². The van der Waals surface area contributed by atoms with Gasteiger partial charge in [0.2, 0.25) is 0 Å². The zero-order valence-electron chi connectivity index (χ0n) is 15.7. The number of amides is 3. The Balaban J connectivity index is 1.72. The maximum Gasteiger partial charge on any atom is 0.273 e. The van der Waals surface area contributed by atoms with Crippen molar-refractivity contribution < 1.29 is 14.4 Å². The second-order valence-corrected chi connectivity index (χ2v) is 8.51. The predicted molar refractivity (Wildman–Crippen MR) is 115 cm³/mol. The highest BCUT2D eigenvalue weighted by atomic mass is 35.5. The van der Waals surface area contributed by atoms with E-state index in [2.05, 4.69) is 0 Å². The van der Waals surface area contributed by atoms with Crippen LogP contribution in [0.4, 0.5) is 0 Å². The molecule has 1 saturated heterocycles. The molecule has 1 aliphatic carbocycles. The van der Waals surface area contributed by atoms with Crippen LogP contribution in [-0.4, -0.2) is 27.7 Å². The lowest BCUT2D eigenvalue weighted by molar-refractivity contribution is -0.155. The number of carbonyl (C=O) groups is 3. The van der Waals surface area contributed by atoms with E-state index in [0.717, 1.165) is 5.01 Å². The zero-order chi connectivity index (χ0) is 21.4. The van der Waals surface area contributed by atoms with E-state index in [4.69, 9.17) is 34.8 Å². The number of hydrazine groups is 1. The number of nitrogens with zero attached hydrogens (tertiary/aromatic N) is 2. The molecule has 1 aliphatic heterocycles. The van der Waals surface area contributed by atoms with Crippen LogP contribution in [0.15, 0.2) is 54.6 Å². The van der Waals surface area contributed by atoms with Crippen LogP contribution in [0.25, 0.3) is 0 Å². The van der Waals surface area contributed by atoms with E-state index in [1.807, 2.05) is 12.2 Å². The fraction of sp³-hybridized carbons (Fsp3) is 0.227. The summed E-state index contributed by atoms with van der Waals surface area (Å²) in [6, 6.07) is 11.2. The van der Waals surface area contributed by atoms with E-state index in [1.165, 1.54) is 5.01 Å². The summed E-state index contributed by atoms with van der Waals surface area (Å²) in [4.78, 5) is 39.6. The summed E-state index contributed by atoms with van der Waals surface area (Å²) < 4.78 is 0. The third-order valence-corrected chi connectivity index (χ3v) is 6.36. The highest BCUT2D eigenvalue weighted by Crippen LogP contribution is 2.37. The Morgan fingerprint density at radius 3 is 2.07 bits per heavy atom. The number of imide groups is 1. The molecule has 0 aromatic heterocycles. The molecule has 4 rings (SSSR count). The van der Waals surface area contributed by atoms with Gasteiger partial charge in [-0.2, -0.15) is 5.01 Å². The lowest BCUT2D eigenvalue weighted by Crippen LogP contribution is -2.49. The van der Waals surface area contributed by atoms with Crippen molar-refractivity contribution in [2.75, 3.05) is 0 Å². The molecule has 0 N–H and O–H groups in total. The second kappa shape index (κ2) is 8.42. The zero-order valence-corrected chi connectivity index (χ0v) is 18.0. The van der Waals surface area contributed by atoms with Gasteiger partial charge in [0.15, 0.2) is 0 Å². The normalized spacial score (nSPS) is 20.4. The first-order chi connectivity index (χ1) is 14.4. The SMILES string of the molecule is O=C(c1ccc(Cl)cc1)N(Cc1ccc(Cl)c(Cl)c1)N1C(=O)[C@@H]2CC=CC[C@H]2C1=O. The first kappa shape index (κ1) is 20.9. The quantitative estimate of drug-likeness (QED) is 0.465. The van der Waals surface area contributed by atoms with Crippen molar-refractivity contribution in [3.8, 4) is 0 Å². The third kappa shape index (κ3) is 3.85. The fourth-order valence-electron chi connectivity index (χ4n) is 3.81. The molecule has 30 heavy (non-hydrogen) atoms. The van der Waals surface area contributed by atoms with Crippen molar-refractivity contribution in [1.29, 1.82) is 0 Å². The summed E-state index contributed by atoms with van der Waals surface area (Å²) >= 11 is 18.1. The van der Waals surface area contributed by atoms with Gasteiger partial charge in [-0.15, -0.1) is 0 Å². The molecule has 1 fully saturated rings. The number of carbonyl (C=O) groups excluding carboxylic acids is 3. The summed E-state index contributed by atoms with van der Waals surface area (Å²) in [6.45, 7) is -0.0112. The summed E-state index contributed by atoms with van der Waals surface area (Å²) in [7, 11) is 0. The van der Waals surface area contributed by atoms with E-state index < -0.39 is 17.7 Å². The van der Waals surface area contributed by atoms with Crippen LogP contribution in [0.3, 0.4) is 0 Å². The fourth-order valence-corrected chi connectivity index (χ4v) is 4.25. The van der Waals surface area contributed by atoms with Gasteiger partial charge in [-0.1, -0.05) is 53.0 Å². The molecule has 154 valence electrons. The third-order valence-electron chi connectivity index (χ3n) is 5.37. The topological polar surface area (TPSA) is 57.7 Å². The molecule has 8 heteroatoms. The smallest absolute Gasteiger partial charge is 0.272 e. The molecule has 0 radical (unpaired) electrons. The van der Waals surface area contributed by atoms with Crippen molar-refractivity contribution in [3.63, 3.8) is 0 Å². The summed E-state index contributed by atoms with van der Waals surface area (Å²) in [5.41, 5.74) is 0.952. The number of allylic oxidation sites excluding steroid dienone is 2. The molecule has 0 unspecified atom stereocenters. The van der Waals surface area contributed by atoms with Crippen molar-refractivity contribution in [3.05, 3.63) is 80.8 Å². The maximum atomic E-state index is 13.4. The van der Waals surface area contributed by atoms with Crippen molar-refractivity contribution in [2.45, 2.75) is 19.4 Å². The highest BCUT2D eigenvalue weighted by Gasteiger charge is 2.50. The van der Waals surface area contributed by atoms with Gasteiger partial charge in [0, 0.05) is 10.6 Å². The number of hydrogen-bond acceptors (Lipinski definition) is 3. The molecule has 2 aromatic carbocycles. The minimum absolute atomic E-state index is 0.0112. The van der Waals surface area contributed by atoms with Crippen LogP contribution in [0.2, 0.25) is 15.1 Å². The average Bonchev–Trinajstić information content (AvgIpc) is 2.99. The predicted octanol–water partition coefficient (Wildman–Crippen LogP) is 5.16. The lowest BCUT2D eigenvalue weighted by Gasteiger charge is -2.30. The van der Waals surface area contributed by atoms with Crippen LogP contribution >= 0.6 is 34.8 Å². The van der Waals surface area contributed by atoms with Crippen LogP contribution in [0.5, 0.6) is 0 Å². The molecule has 2 aromatic rings. The number of halogens is 3. The van der Waals surface area contributed by atoms with E-state index in [9.17, 15) is 14.4 Å². The van der Waals surface area contributed by atoms with Crippen molar-refractivity contribution in [2.24, 2.45) is 11.8 Å². The van der Waals surface area contributed by atoms with Gasteiger partial charge in [0.25, 0.3) is 17.7 Å². The van der Waals surface area contributed by atoms with Crippen molar-refractivity contribution >= 4 is 52.5 Å². The molecule has 3 amide bonds. The van der Waals surface area contributed by atoms with Crippen LogP contribution in [0, 0.1) is 11.8 Å². The Hall–Kier alpha value is -2.34. The average molecular weight is 464 g/mol. The van der Waals surface area contributed by atoms with E-state index in [0.29, 0.717) is 39.0 Å². The molecule has 0 saturated carbocycles. The van der Waals surface area contributed by atoms with E-state index in [1.54, 1.807) is 42.5 Å². The maximum absolute atomic E-state index is 13.4. The standard InChI is InChI=1S/C22H17Cl3N2O3/c23-15-8-6-14(7-9-15)20(28)26(12-13-5-10-18(24)19(25)11-13)27-21(29)16-3-1-2-4-17(16)22(27)30/h1-2,5-11,16-17H,3-4,12H2/t16-,17-/m1/s1. The van der Waals surface area contributed by atoms with Crippen molar-refractivity contribution in [1.82, 2.24) is 10.0 Å². The first-order valence-electron chi connectivity index (χ1n) is 9.41. The van der Waals surface area contributed by atoms with Crippen LogP contribution < -0.4 is 0 Å². The van der Waals surface area contributed by atoms with Gasteiger partial charge in [-0.3, -0.25) is 14.4 Å². The van der Waals surface area contributed by atoms with Gasteiger partial charge >= 0.3 is 0 Å². The Morgan fingerprint density at radius 1 is 0.900 bits per heavy atom. The summed E-state index contributed by atoms with van der Waals surface area (Å²) in [5, 5.41) is 3.37. The van der Waals surface area contributed by atoms with E-state index in [-0.39, 0.29) is 18.4 Å². The second-order valence-electron chi connectivity index (χ2n) is 7.26. The molecular weight excluding hydrogens is 447 g/mol. The van der Waals surface area contributed by atoms with E-state index >= 15 is 0 Å². The van der Waals surface area contributed by atoms with Gasteiger partial charge in [0.1, 0.15) is 0 Å². The number of benzene rings is 2. The summed E-state index contributed by atoms with van der Waals surface area (Å²) in [6.07, 6.45) is 4.78. The largest absolute Gasteiger partial charge is 0.273 e. The minimum Gasteiger partial charge on any atom is -0.272 e. The first-order valence-corrected chi connectivity index (χ1v) is 10.5. The number of fused-ring (bicyclic) bond motifs is 1. The van der Waals surface area contributed by atoms with Gasteiger partial charge in [-0.25, -0.2) is 5.01 Å². The summed E-state index contributed by atoms with van der Waals surface area (Å²) in [5.74, 6) is -2.10. The Morgan fingerprint density at radius 2 is 1.50 bits per heavy atom. The minimum atomic E-state index is -0.481. The molecule has 5 nitrogen and oxygen atoms in total. The number of hydrogen-bond donors (Lipinski definition) is 0. The lowest BCUT2D eigenvalue weighted by atomic mass is 9.85. The highest BCUT2D eigenvalue weighted by molar-refractivity contribution is 6.42. The van der Waals surface area contributed by atoms with Gasteiger partial charge in [-0.05, 0) is 54.8 Å². The van der Waals surface area contributed by atoms with Crippen LogP contribution in [0.1, 0.15) is 28.8 Å². The molecule has 1 heterocycles. The number of rotatable bonds is 4. The van der Waals surface area contributed by atoms with Gasteiger partial charge < -0.3 is 0 Å². The monoisotopic (exact) mass is 462 g/mol. The Bertz CT molecular complexity index is 1030. The Kier molecular flexibility index (Phi) is 5.87. The molecule has 2 aliphatic rings. The molecule has 0 bridgehead atoms.